The Labute approximate surface area is 83.3 Å². The van der Waals surface area contributed by atoms with E-state index in [2.05, 4.69) is 20.5 Å². The lowest BCUT2D eigenvalue weighted by Crippen LogP contribution is -2.11. The number of amides is 1. The first-order chi connectivity index (χ1) is 6.75. The van der Waals surface area contributed by atoms with Crippen LogP contribution in [0.4, 0.5) is 5.95 Å². The molecule has 2 N–H and O–H groups in total. The molecule has 7 heteroatoms. The van der Waals surface area contributed by atoms with Crippen molar-refractivity contribution < 1.29 is 9.21 Å². The van der Waals surface area contributed by atoms with Gasteiger partial charge in [0, 0.05) is 0 Å². The molecule has 0 fully saturated rings. The largest absolute Gasteiger partial charge is 0.440 e. The van der Waals surface area contributed by atoms with Gasteiger partial charge in [-0.2, -0.15) is 10.1 Å². The van der Waals surface area contributed by atoms with Crippen molar-refractivity contribution in [2.24, 2.45) is 0 Å². The molecule has 2 rings (SSSR count). The molecule has 0 radical (unpaired) electrons. The summed E-state index contributed by atoms with van der Waals surface area (Å²) < 4.78 is 4.89. The quantitative estimate of drug-likeness (QED) is 0.786. The maximum atomic E-state index is 11.4. The number of aromatic nitrogens is 3. The van der Waals surface area contributed by atoms with Crippen molar-refractivity contribution in [3.05, 3.63) is 29.4 Å². The summed E-state index contributed by atoms with van der Waals surface area (Å²) in [5.41, 5.74) is 0. The van der Waals surface area contributed by atoms with Crippen LogP contribution in [0.3, 0.4) is 0 Å². The maximum Gasteiger partial charge on any atom is 0.293 e. The first-order valence-electron chi connectivity index (χ1n) is 3.68. The minimum atomic E-state index is -0.436. The fraction of sp³-hybridized carbons (Fsp3) is 0. The summed E-state index contributed by atoms with van der Waals surface area (Å²) in [7, 11) is 0. The number of carbonyl (C=O) groups is 1. The van der Waals surface area contributed by atoms with Crippen LogP contribution >= 0.6 is 11.6 Å². The SMILES string of the molecule is O=C(Nc1ncn[nH]1)c1ccc(Cl)o1. The van der Waals surface area contributed by atoms with E-state index in [4.69, 9.17) is 16.0 Å². The molecule has 0 aliphatic carbocycles. The average Bonchev–Trinajstić information content (AvgIpc) is 2.75. The minimum absolute atomic E-state index is 0.117. The fourth-order valence-electron chi connectivity index (χ4n) is 0.871. The van der Waals surface area contributed by atoms with Gasteiger partial charge in [-0.1, -0.05) is 0 Å². The number of rotatable bonds is 2. The lowest BCUT2D eigenvalue weighted by Gasteiger charge is -1.96. The van der Waals surface area contributed by atoms with Crippen molar-refractivity contribution >= 4 is 23.5 Å². The molecule has 0 unspecified atom stereocenters. The zero-order valence-corrected chi connectivity index (χ0v) is 7.58. The molecule has 2 aromatic rings. The summed E-state index contributed by atoms with van der Waals surface area (Å²) in [4.78, 5) is 15.1. The highest BCUT2D eigenvalue weighted by Crippen LogP contribution is 2.13. The van der Waals surface area contributed by atoms with Gasteiger partial charge in [-0.3, -0.25) is 10.1 Å². The number of halogens is 1. The average molecular weight is 213 g/mol. The molecule has 0 aliphatic heterocycles. The molecule has 0 aliphatic rings. The van der Waals surface area contributed by atoms with Crippen LogP contribution < -0.4 is 5.32 Å². The summed E-state index contributed by atoms with van der Waals surface area (Å²) in [5.74, 6) is -0.0671. The van der Waals surface area contributed by atoms with Crippen LogP contribution in [0.1, 0.15) is 10.6 Å². The van der Waals surface area contributed by atoms with Crippen molar-refractivity contribution in [3.8, 4) is 0 Å². The van der Waals surface area contributed by atoms with E-state index in [9.17, 15) is 4.79 Å². The van der Waals surface area contributed by atoms with Gasteiger partial charge in [0.2, 0.25) is 5.95 Å². The molecule has 2 heterocycles. The van der Waals surface area contributed by atoms with Crippen molar-refractivity contribution in [3.63, 3.8) is 0 Å². The van der Waals surface area contributed by atoms with Crippen LogP contribution in [0.15, 0.2) is 22.9 Å². The van der Waals surface area contributed by atoms with Gasteiger partial charge in [-0.05, 0) is 23.7 Å². The van der Waals surface area contributed by atoms with Gasteiger partial charge in [0.1, 0.15) is 6.33 Å². The summed E-state index contributed by atoms with van der Waals surface area (Å²) in [5, 5.41) is 8.63. The second kappa shape index (κ2) is 3.51. The molecule has 2 aromatic heterocycles. The number of aromatic amines is 1. The zero-order valence-electron chi connectivity index (χ0n) is 6.82. The molecule has 0 saturated heterocycles. The van der Waals surface area contributed by atoms with Gasteiger partial charge in [0.25, 0.3) is 5.91 Å². The Morgan fingerprint density at radius 1 is 1.57 bits per heavy atom. The van der Waals surface area contributed by atoms with E-state index in [1.165, 1.54) is 18.5 Å². The summed E-state index contributed by atoms with van der Waals surface area (Å²) >= 11 is 5.50. The second-order valence-corrected chi connectivity index (χ2v) is 2.76. The molecule has 0 aromatic carbocycles. The van der Waals surface area contributed by atoms with E-state index in [1.54, 1.807) is 0 Å². The maximum absolute atomic E-state index is 11.4. The van der Waals surface area contributed by atoms with Crippen molar-refractivity contribution in [1.29, 1.82) is 0 Å². The molecular weight excluding hydrogens is 208 g/mol. The van der Waals surface area contributed by atoms with Crippen LogP contribution in [-0.4, -0.2) is 21.1 Å². The van der Waals surface area contributed by atoms with Crippen molar-refractivity contribution in [2.75, 3.05) is 5.32 Å². The number of furan rings is 1. The third kappa shape index (κ3) is 1.74. The van der Waals surface area contributed by atoms with Gasteiger partial charge in [-0.25, -0.2) is 5.10 Å². The lowest BCUT2D eigenvalue weighted by molar-refractivity contribution is 0.0996. The predicted molar refractivity (Wildman–Crippen MR) is 48.1 cm³/mol. The van der Waals surface area contributed by atoms with Gasteiger partial charge in [0.15, 0.2) is 11.0 Å². The Hall–Kier alpha value is -1.82. The van der Waals surface area contributed by atoms with Gasteiger partial charge < -0.3 is 4.42 Å². The molecule has 1 amide bonds. The number of nitrogens with one attached hydrogen (secondary N) is 2. The lowest BCUT2D eigenvalue weighted by atomic mass is 10.4. The summed E-state index contributed by atoms with van der Waals surface area (Å²) in [6.45, 7) is 0. The summed E-state index contributed by atoms with van der Waals surface area (Å²) in [6, 6.07) is 2.95. The highest BCUT2D eigenvalue weighted by atomic mass is 35.5. The van der Waals surface area contributed by atoms with E-state index >= 15 is 0 Å². The second-order valence-electron chi connectivity index (χ2n) is 2.39. The number of carbonyl (C=O) groups excluding carboxylic acids is 1. The highest BCUT2D eigenvalue weighted by molar-refractivity contribution is 6.29. The van der Waals surface area contributed by atoms with E-state index in [-0.39, 0.29) is 16.9 Å². The molecule has 14 heavy (non-hydrogen) atoms. The fourth-order valence-corrected chi connectivity index (χ4v) is 1.02. The topological polar surface area (TPSA) is 83.8 Å². The minimum Gasteiger partial charge on any atom is -0.440 e. The first-order valence-corrected chi connectivity index (χ1v) is 4.05. The zero-order chi connectivity index (χ0) is 9.97. The Morgan fingerprint density at radius 2 is 2.43 bits per heavy atom. The van der Waals surface area contributed by atoms with Gasteiger partial charge >= 0.3 is 0 Å². The predicted octanol–water partition coefficient (Wildman–Crippen LogP) is 1.30. The van der Waals surface area contributed by atoms with Crippen LogP contribution in [0, 0.1) is 0 Å². The third-order valence-electron chi connectivity index (χ3n) is 1.44. The normalized spacial score (nSPS) is 10.1. The van der Waals surface area contributed by atoms with Crippen molar-refractivity contribution in [2.45, 2.75) is 0 Å². The summed E-state index contributed by atoms with van der Waals surface area (Å²) in [6.07, 6.45) is 1.28. The first kappa shape index (κ1) is 8.76. The Balaban J connectivity index is 2.10. The number of hydrogen-bond acceptors (Lipinski definition) is 4. The number of hydrogen-bond donors (Lipinski definition) is 2. The van der Waals surface area contributed by atoms with Crippen LogP contribution in [0.5, 0.6) is 0 Å². The van der Waals surface area contributed by atoms with Crippen LogP contribution in [-0.2, 0) is 0 Å². The third-order valence-corrected chi connectivity index (χ3v) is 1.65. The van der Waals surface area contributed by atoms with Crippen LogP contribution in [0.25, 0.3) is 0 Å². The Kier molecular flexibility index (Phi) is 2.19. The standard InChI is InChI=1S/C7H5ClN4O2/c8-5-2-1-4(14-5)6(13)11-7-9-3-10-12-7/h1-3H,(H2,9,10,11,12,13). The molecule has 0 spiro atoms. The van der Waals surface area contributed by atoms with E-state index in [0.29, 0.717) is 0 Å². The van der Waals surface area contributed by atoms with Crippen molar-refractivity contribution in [1.82, 2.24) is 15.2 Å². The Morgan fingerprint density at radius 3 is 3.00 bits per heavy atom. The Bertz CT molecular complexity index is 436. The molecule has 0 bridgehead atoms. The van der Waals surface area contributed by atoms with E-state index in [0.717, 1.165) is 0 Å². The monoisotopic (exact) mass is 212 g/mol. The molecule has 6 nitrogen and oxygen atoms in total. The molecule has 0 saturated carbocycles. The highest BCUT2D eigenvalue weighted by Gasteiger charge is 2.11. The van der Waals surface area contributed by atoms with E-state index in [1.807, 2.05) is 0 Å². The molecule has 72 valence electrons. The van der Waals surface area contributed by atoms with Gasteiger partial charge in [-0.15, -0.1) is 0 Å². The van der Waals surface area contributed by atoms with Gasteiger partial charge in [0.05, 0.1) is 0 Å². The van der Waals surface area contributed by atoms with E-state index < -0.39 is 5.91 Å². The molecule has 0 atom stereocenters. The number of nitrogens with zero attached hydrogens (tertiary/aromatic N) is 2. The molecular formula is C7H5ClN4O2. The van der Waals surface area contributed by atoms with Crippen LogP contribution in [0.2, 0.25) is 5.22 Å². The smallest absolute Gasteiger partial charge is 0.293 e. The number of anilines is 1. The number of H-pyrrole nitrogens is 1.